The van der Waals surface area contributed by atoms with Gasteiger partial charge in [-0.25, -0.2) is 9.07 Å². The summed E-state index contributed by atoms with van der Waals surface area (Å²) in [5, 5.41) is 4.29. The summed E-state index contributed by atoms with van der Waals surface area (Å²) in [6, 6.07) is 12.8. The van der Waals surface area contributed by atoms with E-state index in [0.717, 1.165) is 30.4 Å². The second-order valence-electron chi connectivity index (χ2n) is 8.38. The first-order valence-corrected chi connectivity index (χ1v) is 10.8. The SMILES string of the molecule is Cc1ccc2c(c1)[C@@H](OC(=O)C1CCOC1c1cnn(-c3ccccc3F)c1)CCC2. The Morgan fingerprint density at radius 3 is 2.97 bits per heavy atom. The maximum Gasteiger partial charge on any atom is 0.312 e. The normalized spacial score (nSPS) is 22.8. The Morgan fingerprint density at radius 2 is 2.10 bits per heavy atom. The Hall–Kier alpha value is -2.99. The van der Waals surface area contributed by atoms with Crippen molar-refractivity contribution in [2.24, 2.45) is 5.92 Å². The lowest BCUT2D eigenvalue weighted by atomic mass is 9.88. The quantitative estimate of drug-likeness (QED) is 0.556. The van der Waals surface area contributed by atoms with Crippen molar-refractivity contribution in [2.45, 2.75) is 44.8 Å². The van der Waals surface area contributed by atoms with Crippen molar-refractivity contribution in [1.82, 2.24) is 9.78 Å². The molecule has 0 N–H and O–H groups in total. The molecule has 0 bridgehead atoms. The number of carbonyl (C=O) groups is 1. The number of para-hydroxylation sites is 1. The van der Waals surface area contributed by atoms with Gasteiger partial charge < -0.3 is 9.47 Å². The van der Waals surface area contributed by atoms with E-state index in [9.17, 15) is 9.18 Å². The van der Waals surface area contributed by atoms with E-state index in [0.29, 0.717) is 18.7 Å². The fraction of sp³-hybridized carbons (Fsp3) is 0.360. The van der Waals surface area contributed by atoms with Crippen LogP contribution in [0.3, 0.4) is 0 Å². The van der Waals surface area contributed by atoms with E-state index in [1.807, 2.05) is 0 Å². The molecule has 1 aliphatic heterocycles. The first-order valence-electron chi connectivity index (χ1n) is 10.8. The number of fused-ring (bicyclic) bond motifs is 1. The standard InChI is InChI=1S/C25H25FN2O3/c1-16-9-10-17-5-4-8-23(20(17)13-16)31-25(29)19-11-12-30-24(19)18-14-27-28(15-18)22-7-3-2-6-21(22)26/h2-3,6-7,9-10,13-15,19,23-24H,4-5,8,11-12H2,1H3/t19?,23-,24?/m0/s1. The van der Waals surface area contributed by atoms with Crippen molar-refractivity contribution >= 4 is 5.97 Å². The summed E-state index contributed by atoms with van der Waals surface area (Å²) in [4.78, 5) is 13.1. The van der Waals surface area contributed by atoms with Crippen molar-refractivity contribution in [3.8, 4) is 5.69 Å². The van der Waals surface area contributed by atoms with Gasteiger partial charge in [0.25, 0.3) is 0 Å². The van der Waals surface area contributed by atoms with E-state index in [4.69, 9.17) is 9.47 Å². The third-order valence-corrected chi connectivity index (χ3v) is 6.24. The lowest BCUT2D eigenvalue weighted by molar-refractivity contribution is -0.157. The van der Waals surface area contributed by atoms with Crippen molar-refractivity contribution in [3.05, 3.63) is 82.9 Å². The van der Waals surface area contributed by atoms with Gasteiger partial charge in [-0.1, -0.05) is 35.9 Å². The van der Waals surface area contributed by atoms with Crippen LogP contribution in [0.25, 0.3) is 5.69 Å². The Kier molecular flexibility index (Phi) is 5.32. The van der Waals surface area contributed by atoms with Crippen LogP contribution in [0.5, 0.6) is 0 Å². The van der Waals surface area contributed by atoms with Crippen LogP contribution in [0.15, 0.2) is 54.9 Å². The Balaban J connectivity index is 1.34. The lowest BCUT2D eigenvalue weighted by Crippen LogP contribution is -2.24. The third kappa shape index (κ3) is 3.88. The van der Waals surface area contributed by atoms with Gasteiger partial charge in [0, 0.05) is 18.4 Å². The topological polar surface area (TPSA) is 53.4 Å². The van der Waals surface area contributed by atoms with Crippen molar-refractivity contribution in [3.63, 3.8) is 0 Å². The minimum atomic E-state index is -0.436. The Bertz CT molecular complexity index is 1110. The summed E-state index contributed by atoms with van der Waals surface area (Å²) in [5.74, 6) is -0.985. The fourth-order valence-corrected chi connectivity index (χ4v) is 4.64. The smallest absolute Gasteiger partial charge is 0.312 e. The molecular weight excluding hydrogens is 395 g/mol. The first kappa shape index (κ1) is 19.9. The molecule has 0 saturated carbocycles. The summed E-state index contributed by atoms with van der Waals surface area (Å²) in [6.07, 6.45) is 6.19. The summed E-state index contributed by atoms with van der Waals surface area (Å²) >= 11 is 0. The van der Waals surface area contributed by atoms with Crippen LogP contribution < -0.4 is 0 Å². The maximum absolute atomic E-state index is 14.1. The van der Waals surface area contributed by atoms with Gasteiger partial charge in [0.2, 0.25) is 0 Å². The predicted molar refractivity (Wildman–Crippen MR) is 113 cm³/mol. The number of halogens is 1. The second-order valence-corrected chi connectivity index (χ2v) is 8.38. The number of aromatic nitrogens is 2. The van der Waals surface area contributed by atoms with E-state index in [2.05, 4.69) is 30.2 Å². The molecule has 2 aliphatic rings. The molecule has 1 aromatic heterocycles. The van der Waals surface area contributed by atoms with Gasteiger partial charge in [-0.15, -0.1) is 0 Å². The summed E-state index contributed by atoms with van der Waals surface area (Å²) in [7, 11) is 0. The number of hydrogen-bond donors (Lipinski definition) is 0. The molecule has 1 saturated heterocycles. The van der Waals surface area contributed by atoms with Crippen LogP contribution in [0, 0.1) is 18.7 Å². The van der Waals surface area contributed by atoms with Crippen LogP contribution in [-0.4, -0.2) is 22.4 Å². The molecule has 0 spiro atoms. The Labute approximate surface area is 180 Å². The highest BCUT2D eigenvalue weighted by Crippen LogP contribution is 2.39. The van der Waals surface area contributed by atoms with Gasteiger partial charge in [-0.3, -0.25) is 4.79 Å². The van der Waals surface area contributed by atoms with Crippen LogP contribution in [0.1, 0.15) is 53.7 Å². The zero-order valence-electron chi connectivity index (χ0n) is 17.5. The zero-order chi connectivity index (χ0) is 21.4. The number of aryl methyl sites for hydroxylation is 2. The second kappa shape index (κ2) is 8.27. The predicted octanol–water partition coefficient (Wildman–Crippen LogP) is 5.02. The van der Waals surface area contributed by atoms with Crippen LogP contribution in [-0.2, 0) is 20.7 Å². The van der Waals surface area contributed by atoms with Gasteiger partial charge in [-0.2, -0.15) is 5.10 Å². The molecule has 1 fully saturated rings. The van der Waals surface area contributed by atoms with Crippen molar-refractivity contribution in [2.75, 3.05) is 6.61 Å². The average molecular weight is 420 g/mol. The molecule has 3 atom stereocenters. The number of ether oxygens (including phenoxy) is 2. The molecule has 5 nitrogen and oxygen atoms in total. The molecule has 160 valence electrons. The number of rotatable bonds is 4. The average Bonchev–Trinajstić information content (AvgIpc) is 3.44. The van der Waals surface area contributed by atoms with Gasteiger partial charge in [-0.05, 0) is 55.9 Å². The molecule has 5 rings (SSSR count). The van der Waals surface area contributed by atoms with Crippen molar-refractivity contribution in [1.29, 1.82) is 0 Å². The molecule has 2 aromatic carbocycles. The minimum absolute atomic E-state index is 0.210. The number of nitrogens with zero attached hydrogens (tertiary/aromatic N) is 2. The number of hydrogen-bond acceptors (Lipinski definition) is 4. The number of benzene rings is 2. The van der Waals surface area contributed by atoms with E-state index in [-0.39, 0.29) is 17.9 Å². The van der Waals surface area contributed by atoms with Crippen LogP contribution in [0.2, 0.25) is 0 Å². The largest absolute Gasteiger partial charge is 0.457 e. The molecular formula is C25H25FN2O3. The van der Waals surface area contributed by atoms with Gasteiger partial charge in [0.05, 0.1) is 18.2 Å². The summed E-state index contributed by atoms with van der Waals surface area (Å²) in [5.41, 5.74) is 4.68. The molecule has 0 amide bonds. The molecule has 2 unspecified atom stereocenters. The van der Waals surface area contributed by atoms with Gasteiger partial charge >= 0.3 is 5.97 Å². The van der Waals surface area contributed by atoms with Crippen molar-refractivity contribution < 1.29 is 18.7 Å². The van der Waals surface area contributed by atoms with Gasteiger partial charge in [0.1, 0.15) is 17.6 Å². The van der Waals surface area contributed by atoms with E-state index >= 15 is 0 Å². The summed E-state index contributed by atoms with van der Waals surface area (Å²) < 4.78 is 27.5. The Morgan fingerprint density at radius 1 is 1.23 bits per heavy atom. The molecule has 1 aliphatic carbocycles. The highest BCUT2D eigenvalue weighted by molar-refractivity contribution is 5.74. The third-order valence-electron chi connectivity index (χ3n) is 6.24. The molecule has 31 heavy (non-hydrogen) atoms. The minimum Gasteiger partial charge on any atom is -0.457 e. The number of carbonyl (C=O) groups excluding carboxylic acids is 1. The zero-order valence-corrected chi connectivity index (χ0v) is 17.5. The van der Waals surface area contributed by atoms with E-state index in [1.165, 1.54) is 21.9 Å². The van der Waals surface area contributed by atoms with Crippen LogP contribution >= 0.6 is 0 Å². The monoisotopic (exact) mass is 420 g/mol. The lowest BCUT2D eigenvalue weighted by Gasteiger charge is -2.27. The first-order chi connectivity index (χ1) is 15.1. The molecule has 6 heteroatoms. The van der Waals surface area contributed by atoms with Gasteiger partial charge in [0.15, 0.2) is 0 Å². The maximum atomic E-state index is 14.1. The molecule has 2 heterocycles. The fourth-order valence-electron chi connectivity index (χ4n) is 4.64. The number of esters is 1. The highest BCUT2D eigenvalue weighted by Gasteiger charge is 2.39. The van der Waals surface area contributed by atoms with E-state index in [1.54, 1.807) is 30.6 Å². The van der Waals surface area contributed by atoms with E-state index < -0.39 is 12.0 Å². The molecule has 0 radical (unpaired) electrons. The highest BCUT2D eigenvalue weighted by atomic mass is 19.1. The molecule has 3 aromatic rings. The van der Waals surface area contributed by atoms with Crippen LogP contribution in [0.4, 0.5) is 4.39 Å². The summed E-state index contributed by atoms with van der Waals surface area (Å²) in [6.45, 7) is 2.54.